The molecule has 2 aliphatic heterocycles. The summed E-state index contributed by atoms with van der Waals surface area (Å²) in [7, 11) is 0. The average Bonchev–Trinajstić information content (AvgIpc) is 3.30. The van der Waals surface area contributed by atoms with E-state index in [-0.39, 0.29) is 23.8 Å². The molecule has 0 bridgehead atoms. The van der Waals surface area contributed by atoms with Crippen LogP contribution in [0.1, 0.15) is 27.8 Å². The van der Waals surface area contributed by atoms with Crippen LogP contribution in [-0.4, -0.2) is 45.5 Å². The fourth-order valence-electron chi connectivity index (χ4n) is 4.30. The highest BCUT2D eigenvalue weighted by Crippen LogP contribution is 2.44. The molecule has 2 unspecified atom stereocenters. The fraction of sp³-hybridized carbons (Fsp3) is 0.269. The van der Waals surface area contributed by atoms with E-state index in [0.29, 0.717) is 5.75 Å². The Morgan fingerprint density at radius 1 is 1.18 bits per heavy atom. The van der Waals surface area contributed by atoms with Crippen LogP contribution in [-0.2, 0) is 14.3 Å². The Labute approximate surface area is 206 Å². The number of rotatable bonds is 6. The third-order valence-electron chi connectivity index (χ3n) is 6.32. The summed E-state index contributed by atoms with van der Waals surface area (Å²) in [4.78, 5) is 33.4. The van der Waals surface area contributed by atoms with Crippen LogP contribution in [0.15, 0.2) is 72.3 Å². The highest BCUT2D eigenvalue weighted by atomic mass is 32.2. The van der Waals surface area contributed by atoms with Gasteiger partial charge in [0.2, 0.25) is 5.91 Å². The SMILES string of the molecule is Cc1ncsc1C=CC1(C(=O)OC(c2ccccc2)c2ccccc2)CS[C@@H]2C(N)C(=O)N2C1. The highest BCUT2D eigenvalue weighted by molar-refractivity contribution is 8.00. The maximum absolute atomic E-state index is 13.9. The van der Waals surface area contributed by atoms with Crippen molar-refractivity contribution in [1.29, 1.82) is 0 Å². The number of esters is 1. The maximum atomic E-state index is 13.9. The second-order valence-electron chi connectivity index (χ2n) is 8.59. The van der Waals surface area contributed by atoms with Gasteiger partial charge in [0, 0.05) is 17.2 Å². The first-order chi connectivity index (χ1) is 16.5. The summed E-state index contributed by atoms with van der Waals surface area (Å²) in [5.41, 5.74) is 9.47. The lowest BCUT2D eigenvalue weighted by Gasteiger charge is -2.52. The van der Waals surface area contributed by atoms with Crippen molar-refractivity contribution >= 4 is 41.1 Å². The minimum absolute atomic E-state index is 0.0917. The number of ether oxygens (including phenoxy) is 1. The van der Waals surface area contributed by atoms with E-state index in [1.807, 2.05) is 79.7 Å². The van der Waals surface area contributed by atoms with Crippen molar-refractivity contribution in [2.75, 3.05) is 12.3 Å². The molecule has 0 aliphatic carbocycles. The molecule has 3 atom stereocenters. The van der Waals surface area contributed by atoms with E-state index in [9.17, 15) is 9.59 Å². The van der Waals surface area contributed by atoms with Crippen molar-refractivity contribution in [3.63, 3.8) is 0 Å². The monoisotopic (exact) mass is 491 g/mol. The maximum Gasteiger partial charge on any atom is 0.319 e. The largest absolute Gasteiger partial charge is 0.452 e. The van der Waals surface area contributed by atoms with Crippen molar-refractivity contribution in [2.24, 2.45) is 11.1 Å². The molecule has 0 radical (unpaired) electrons. The first kappa shape index (κ1) is 22.8. The summed E-state index contributed by atoms with van der Waals surface area (Å²) >= 11 is 3.05. The van der Waals surface area contributed by atoms with Crippen LogP contribution < -0.4 is 5.73 Å². The third-order valence-corrected chi connectivity index (χ3v) is 8.79. The van der Waals surface area contributed by atoms with E-state index in [0.717, 1.165) is 21.7 Å². The second kappa shape index (κ2) is 9.37. The van der Waals surface area contributed by atoms with Crippen molar-refractivity contribution in [2.45, 2.75) is 24.4 Å². The zero-order valence-electron chi connectivity index (χ0n) is 18.7. The molecule has 2 aliphatic rings. The van der Waals surface area contributed by atoms with E-state index in [2.05, 4.69) is 4.98 Å². The van der Waals surface area contributed by atoms with E-state index in [1.165, 1.54) is 23.1 Å². The number of amides is 1. The number of thioether (sulfide) groups is 1. The van der Waals surface area contributed by atoms with Crippen LogP contribution in [0.5, 0.6) is 0 Å². The standard InChI is InChI=1S/C26H25N3O3S2/c1-17-20(34-16-28-17)12-13-26(14-29-23(30)21(27)24(29)33-15-26)25(31)32-22(18-8-4-2-5-9-18)19-10-6-3-7-11-19/h2-13,16,21-22,24H,14-15,27H2,1H3/t21?,24-,26?/m1/s1. The molecule has 2 fully saturated rings. The minimum Gasteiger partial charge on any atom is -0.452 e. The van der Waals surface area contributed by atoms with Crippen molar-refractivity contribution in [1.82, 2.24) is 9.88 Å². The quantitative estimate of drug-likeness (QED) is 0.414. The molecule has 2 saturated heterocycles. The van der Waals surface area contributed by atoms with Gasteiger partial charge in [-0.3, -0.25) is 9.59 Å². The van der Waals surface area contributed by atoms with E-state index < -0.39 is 17.6 Å². The molecule has 5 rings (SSSR count). The molecule has 1 amide bonds. The molecule has 174 valence electrons. The summed E-state index contributed by atoms with van der Waals surface area (Å²) < 4.78 is 6.25. The number of nitrogens with two attached hydrogens (primary N) is 1. The van der Waals surface area contributed by atoms with Crippen LogP contribution in [0.25, 0.3) is 6.08 Å². The van der Waals surface area contributed by atoms with Gasteiger partial charge >= 0.3 is 5.97 Å². The lowest BCUT2D eigenvalue weighted by Crippen LogP contribution is -2.72. The van der Waals surface area contributed by atoms with Gasteiger partial charge in [0.05, 0.1) is 11.2 Å². The zero-order chi connectivity index (χ0) is 23.7. The van der Waals surface area contributed by atoms with Gasteiger partial charge in [-0.05, 0) is 24.1 Å². The summed E-state index contributed by atoms with van der Waals surface area (Å²) in [6.45, 7) is 2.19. The van der Waals surface area contributed by atoms with E-state index in [4.69, 9.17) is 10.5 Å². The summed E-state index contributed by atoms with van der Waals surface area (Å²) in [6, 6.07) is 18.9. The van der Waals surface area contributed by atoms with Crippen molar-refractivity contribution < 1.29 is 14.3 Å². The van der Waals surface area contributed by atoms with Crippen molar-refractivity contribution in [3.05, 3.63) is 93.9 Å². The normalized spacial score (nSPS) is 24.2. The molecule has 0 spiro atoms. The Morgan fingerprint density at radius 2 is 1.82 bits per heavy atom. The number of nitrogens with zero attached hydrogens (tertiary/aromatic N) is 2. The van der Waals surface area contributed by atoms with Crippen LogP contribution in [0, 0.1) is 12.3 Å². The summed E-state index contributed by atoms with van der Waals surface area (Å²) in [5.74, 6) is 0.000735. The fourth-order valence-corrected chi connectivity index (χ4v) is 6.45. The Kier molecular flexibility index (Phi) is 6.29. The van der Waals surface area contributed by atoms with Gasteiger partial charge in [-0.1, -0.05) is 66.7 Å². The molecule has 34 heavy (non-hydrogen) atoms. The topological polar surface area (TPSA) is 85.5 Å². The summed E-state index contributed by atoms with van der Waals surface area (Å²) in [6.07, 6.45) is 3.27. The Morgan fingerprint density at radius 3 is 2.41 bits per heavy atom. The van der Waals surface area contributed by atoms with Crippen LogP contribution in [0.4, 0.5) is 0 Å². The zero-order valence-corrected chi connectivity index (χ0v) is 20.3. The molecule has 3 heterocycles. The smallest absolute Gasteiger partial charge is 0.319 e. The molecule has 3 aromatic rings. The number of aromatic nitrogens is 1. The Hall–Kier alpha value is -2.94. The molecule has 2 N–H and O–H groups in total. The number of benzene rings is 2. The molecule has 2 aromatic carbocycles. The predicted octanol–water partition coefficient (Wildman–Crippen LogP) is 4.03. The number of aryl methyl sites for hydroxylation is 1. The van der Waals surface area contributed by atoms with Gasteiger partial charge in [0.25, 0.3) is 0 Å². The van der Waals surface area contributed by atoms with Gasteiger partial charge in [0.1, 0.15) is 16.8 Å². The summed E-state index contributed by atoms with van der Waals surface area (Å²) in [5, 5.41) is -0.0917. The number of thiazole rings is 1. The van der Waals surface area contributed by atoms with Crippen molar-refractivity contribution in [3.8, 4) is 0 Å². The van der Waals surface area contributed by atoms with E-state index in [1.54, 1.807) is 10.4 Å². The first-order valence-corrected chi connectivity index (χ1v) is 13.0. The van der Waals surface area contributed by atoms with Gasteiger partial charge in [-0.15, -0.1) is 23.1 Å². The van der Waals surface area contributed by atoms with Gasteiger partial charge in [-0.25, -0.2) is 4.98 Å². The predicted molar refractivity (Wildman–Crippen MR) is 135 cm³/mol. The average molecular weight is 492 g/mol. The van der Waals surface area contributed by atoms with Gasteiger partial charge in [-0.2, -0.15) is 0 Å². The number of hydrogen-bond acceptors (Lipinski definition) is 7. The second-order valence-corrected chi connectivity index (χ2v) is 10.6. The van der Waals surface area contributed by atoms with Crippen LogP contribution in [0.3, 0.4) is 0 Å². The molecule has 8 heteroatoms. The molecule has 6 nitrogen and oxygen atoms in total. The number of β-lactam (4-membered cyclic amide) rings is 1. The third kappa shape index (κ3) is 4.17. The molecule has 0 saturated carbocycles. The number of carbonyl (C=O) groups is 2. The number of hydrogen-bond donors (Lipinski definition) is 1. The Balaban J connectivity index is 1.49. The molecular weight excluding hydrogens is 466 g/mol. The van der Waals surface area contributed by atoms with E-state index >= 15 is 0 Å². The van der Waals surface area contributed by atoms with Crippen LogP contribution >= 0.6 is 23.1 Å². The first-order valence-electron chi connectivity index (χ1n) is 11.1. The van der Waals surface area contributed by atoms with Gasteiger partial charge in [0.15, 0.2) is 6.10 Å². The van der Waals surface area contributed by atoms with Gasteiger partial charge < -0.3 is 15.4 Å². The highest BCUT2D eigenvalue weighted by Gasteiger charge is 2.55. The number of carbonyl (C=O) groups excluding carboxylic acids is 2. The lowest BCUT2D eigenvalue weighted by atomic mass is 9.86. The Bertz CT molecular complexity index is 1170. The molecular formula is C26H25N3O3S2. The molecule has 1 aromatic heterocycles. The lowest BCUT2D eigenvalue weighted by molar-refractivity contribution is -0.161. The minimum atomic E-state index is -0.991. The number of fused-ring (bicyclic) bond motifs is 1. The van der Waals surface area contributed by atoms with Crippen LogP contribution in [0.2, 0.25) is 0 Å².